The van der Waals surface area contributed by atoms with Crippen LogP contribution in [0.3, 0.4) is 0 Å². The Morgan fingerprint density at radius 3 is 2.91 bits per heavy atom. The third-order valence-electron chi connectivity index (χ3n) is 3.87. The highest BCUT2D eigenvalue weighted by atomic mass is 35.5. The number of benzene rings is 1. The summed E-state index contributed by atoms with van der Waals surface area (Å²) < 4.78 is 0. The summed E-state index contributed by atoms with van der Waals surface area (Å²) >= 11 is 12.6. The molecule has 3 N–H and O–H groups in total. The SMILES string of the molecule is O=C1Cc2c([nH]c3c(Cl)c(Cl)cc(-c4nnc[nH]4)c23)CCN1. The third-order valence-corrected chi connectivity index (χ3v) is 4.66. The number of carbonyl (C=O) groups excluding carboxylic acids is 1. The maximum atomic E-state index is 11.9. The Labute approximate surface area is 135 Å². The Bertz CT molecular complexity index is 885. The molecule has 0 atom stereocenters. The lowest BCUT2D eigenvalue weighted by molar-refractivity contribution is -0.120. The molecule has 3 heterocycles. The van der Waals surface area contributed by atoms with Gasteiger partial charge in [0.05, 0.1) is 22.0 Å². The molecule has 112 valence electrons. The number of amides is 1. The van der Waals surface area contributed by atoms with Gasteiger partial charge in [0, 0.05) is 29.6 Å². The number of hydrogen-bond donors (Lipinski definition) is 3. The van der Waals surface area contributed by atoms with Crippen LogP contribution in [0.5, 0.6) is 0 Å². The summed E-state index contributed by atoms with van der Waals surface area (Å²) in [5.74, 6) is 0.587. The van der Waals surface area contributed by atoms with Gasteiger partial charge in [-0.25, -0.2) is 0 Å². The summed E-state index contributed by atoms with van der Waals surface area (Å²) in [4.78, 5) is 18.2. The molecule has 0 unspecified atom stereocenters. The van der Waals surface area contributed by atoms with Crippen LogP contribution in [0.4, 0.5) is 0 Å². The van der Waals surface area contributed by atoms with Crippen molar-refractivity contribution in [2.24, 2.45) is 0 Å². The maximum Gasteiger partial charge on any atom is 0.224 e. The number of fused-ring (bicyclic) bond motifs is 3. The van der Waals surface area contributed by atoms with Gasteiger partial charge in [-0.2, -0.15) is 0 Å². The van der Waals surface area contributed by atoms with Crippen molar-refractivity contribution in [1.82, 2.24) is 25.5 Å². The van der Waals surface area contributed by atoms with Crippen molar-refractivity contribution in [3.8, 4) is 11.4 Å². The molecule has 8 heteroatoms. The lowest BCUT2D eigenvalue weighted by Gasteiger charge is -2.06. The smallest absolute Gasteiger partial charge is 0.224 e. The Morgan fingerprint density at radius 2 is 2.14 bits per heavy atom. The molecule has 1 aliphatic rings. The van der Waals surface area contributed by atoms with Gasteiger partial charge in [-0.1, -0.05) is 23.2 Å². The van der Waals surface area contributed by atoms with Crippen molar-refractivity contribution >= 4 is 40.0 Å². The Morgan fingerprint density at radius 1 is 1.27 bits per heavy atom. The topological polar surface area (TPSA) is 86.5 Å². The van der Waals surface area contributed by atoms with Gasteiger partial charge in [0.2, 0.25) is 5.91 Å². The summed E-state index contributed by atoms with van der Waals surface area (Å²) in [6.07, 6.45) is 2.52. The zero-order valence-corrected chi connectivity index (χ0v) is 12.8. The molecule has 0 aliphatic carbocycles. The summed E-state index contributed by atoms with van der Waals surface area (Å²) in [6, 6.07) is 1.75. The predicted molar refractivity (Wildman–Crippen MR) is 84.1 cm³/mol. The molecule has 1 amide bonds. The lowest BCUT2D eigenvalue weighted by atomic mass is 10.0. The molecule has 0 radical (unpaired) electrons. The highest BCUT2D eigenvalue weighted by molar-refractivity contribution is 6.45. The highest BCUT2D eigenvalue weighted by Crippen LogP contribution is 2.40. The van der Waals surface area contributed by atoms with Crippen molar-refractivity contribution < 1.29 is 4.79 Å². The average molecular weight is 336 g/mol. The fraction of sp³-hybridized carbons (Fsp3) is 0.214. The number of nitrogens with zero attached hydrogens (tertiary/aromatic N) is 2. The van der Waals surface area contributed by atoms with E-state index in [-0.39, 0.29) is 5.91 Å². The Hall–Kier alpha value is -2.05. The molecular weight excluding hydrogens is 325 g/mol. The molecule has 0 bridgehead atoms. The Kier molecular flexibility index (Phi) is 3.09. The van der Waals surface area contributed by atoms with E-state index in [2.05, 4.69) is 25.5 Å². The quantitative estimate of drug-likeness (QED) is 0.638. The zero-order valence-electron chi connectivity index (χ0n) is 11.3. The van der Waals surface area contributed by atoms with Crippen LogP contribution in [0.25, 0.3) is 22.3 Å². The van der Waals surface area contributed by atoms with E-state index in [0.29, 0.717) is 28.8 Å². The second kappa shape index (κ2) is 5.00. The first-order valence-corrected chi connectivity index (χ1v) is 7.55. The van der Waals surface area contributed by atoms with Crippen LogP contribution < -0.4 is 5.32 Å². The summed E-state index contributed by atoms with van der Waals surface area (Å²) in [5, 5.41) is 12.5. The summed E-state index contributed by atoms with van der Waals surface area (Å²) in [7, 11) is 0. The molecule has 6 nitrogen and oxygen atoms in total. The van der Waals surface area contributed by atoms with Crippen LogP contribution in [-0.4, -0.2) is 32.6 Å². The first-order valence-electron chi connectivity index (χ1n) is 6.79. The van der Waals surface area contributed by atoms with Gasteiger partial charge in [0.1, 0.15) is 6.33 Å². The molecule has 0 saturated carbocycles. The number of carbonyl (C=O) groups is 1. The number of H-pyrrole nitrogens is 2. The summed E-state index contributed by atoms with van der Waals surface area (Å²) in [5.41, 5.74) is 3.46. The second-order valence-electron chi connectivity index (χ2n) is 5.17. The number of aromatic nitrogens is 4. The molecule has 4 rings (SSSR count). The van der Waals surface area contributed by atoms with Crippen LogP contribution in [0.15, 0.2) is 12.4 Å². The number of hydrogen-bond acceptors (Lipinski definition) is 3. The predicted octanol–water partition coefficient (Wildman–Crippen LogP) is 2.47. The van der Waals surface area contributed by atoms with Crippen LogP contribution in [-0.2, 0) is 17.6 Å². The molecule has 2 aromatic heterocycles. The molecule has 0 saturated heterocycles. The van der Waals surface area contributed by atoms with E-state index in [0.717, 1.165) is 34.1 Å². The number of nitrogens with one attached hydrogen (secondary N) is 3. The maximum absolute atomic E-state index is 11.9. The standard InChI is InChI=1S/C14H11Cl2N5O/c15-8-3-7(14-18-5-19-21-14)11-6-4-10(22)17-2-1-9(6)20-13(11)12(8)16/h3,5,20H,1-2,4H2,(H,17,22)(H,18,19,21). The van der Waals surface area contributed by atoms with E-state index in [1.165, 1.54) is 6.33 Å². The first kappa shape index (κ1) is 13.6. The van der Waals surface area contributed by atoms with Crippen LogP contribution in [0.1, 0.15) is 11.3 Å². The average Bonchev–Trinajstić information content (AvgIpc) is 3.09. The van der Waals surface area contributed by atoms with Crippen molar-refractivity contribution in [3.63, 3.8) is 0 Å². The number of rotatable bonds is 1. The van der Waals surface area contributed by atoms with Crippen molar-refractivity contribution in [2.75, 3.05) is 6.54 Å². The minimum atomic E-state index is -0.00533. The number of aromatic amines is 2. The van der Waals surface area contributed by atoms with E-state index < -0.39 is 0 Å². The number of halogens is 2. The molecular formula is C14H11Cl2N5O. The van der Waals surface area contributed by atoms with Gasteiger partial charge in [-0.05, 0) is 11.6 Å². The minimum absolute atomic E-state index is 0.00533. The van der Waals surface area contributed by atoms with Crippen LogP contribution in [0.2, 0.25) is 10.0 Å². The second-order valence-corrected chi connectivity index (χ2v) is 5.95. The third kappa shape index (κ3) is 1.99. The van der Waals surface area contributed by atoms with E-state index in [1.54, 1.807) is 6.07 Å². The first-order chi connectivity index (χ1) is 10.6. The van der Waals surface area contributed by atoms with Crippen LogP contribution >= 0.6 is 23.2 Å². The van der Waals surface area contributed by atoms with Crippen molar-refractivity contribution in [1.29, 1.82) is 0 Å². The van der Waals surface area contributed by atoms with Gasteiger partial charge < -0.3 is 15.3 Å². The van der Waals surface area contributed by atoms with Gasteiger partial charge in [-0.3, -0.25) is 4.79 Å². The molecule has 22 heavy (non-hydrogen) atoms. The van der Waals surface area contributed by atoms with Crippen LogP contribution in [0, 0.1) is 0 Å². The zero-order chi connectivity index (χ0) is 15.3. The Balaban J connectivity index is 2.09. The molecule has 3 aromatic rings. The van der Waals surface area contributed by atoms with E-state index in [1.807, 2.05) is 0 Å². The molecule has 0 fully saturated rings. The fourth-order valence-electron chi connectivity index (χ4n) is 2.92. The van der Waals surface area contributed by atoms with E-state index >= 15 is 0 Å². The molecule has 1 aromatic carbocycles. The normalized spacial score (nSPS) is 14.7. The highest BCUT2D eigenvalue weighted by Gasteiger charge is 2.24. The van der Waals surface area contributed by atoms with Gasteiger partial charge >= 0.3 is 0 Å². The van der Waals surface area contributed by atoms with E-state index in [9.17, 15) is 4.79 Å². The van der Waals surface area contributed by atoms with Crippen molar-refractivity contribution in [3.05, 3.63) is 33.7 Å². The van der Waals surface area contributed by atoms with E-state index in [4.69, 9.17) is 23.2 Å². The minimum Gasteiger partial charge on any atom is -0.357 e. The molecule has 0 spiro atoms. The fourth-order valence-corrected chi connectivity index (χ4v) is 3.32. The molecule has 1 aliphatic heterocycles. The lowest BCUT2D eigenvalue weighted by Crippen LogP contribution is -2.24. The monoisotopic (exact) mass is 335 g/mol. The summed E-state index contributed by atoms with van der Waals surface area (Å²) in [6.45, 7) is 0.599. The van der Waals surface area contributed by atoms with Gasteiger partial charge in [0.15, 0.2) is 5.82 Å². The van der Waals surface area contributed by atoms with Crippen molar-refractivity contribution in [2.45, 2.75) is 12.8 Å². The van der Waals surface area contributed by atoms with Gasteiger partial charge in [0.25, 0.3) is 0 Å². The van der Waals surface area contributed by atoms with Gasteiger partial charge in [-0.15, -0.1) is 10.2 Å². The largest absolute Gasteiger partial charge is 0.357 e.